The average Bonchev–Trinajstić information content (AvgIpc) is 2.37. The van der Waals surface area contributed by atoms with Gasteiger partial charge in [-0.25, -0.2) is 4.79 Å². The van der Waals surface area contributed by atoms with Crippen molar-refractivity contribution in [1.82, 2.24) is 4.98 Å². The van der Waals surface area contributed by atoms with Crippen LogP contribution < -0.4 is 0 Å². The van der Waals surface area contributed by atoms with Crippen LogP contribution in [-0.4, -0.2) is 27.8 Å². The van der Waals surface area contributed by atoms with Crippen LogP contribution >= 0.6 is 0 Å². The Kier molecular flexibility index (Phi) is 5.96. The number of aromatic carboxylic acids is 1. The Morgan fingerprint density at radius 3 is 2.53 bits per heavy atom. The first-order valence-corrected chi connectivity index (χ1v) is 6.74. The third-order valence-electron chi connectivity index (χ3n) is 3.28. The van der Waals surface area contributed by atoms with Gasteiger partial charge in [0.25, 0.3) is 0 Å². The lowest BCUT2D eigenvalue weighted by molar-refractivity contribution is 0.0696. The van der Waals surface area contributed by atoms with Gasteiger partial charge < -0.3 is 10.2 Å². The molecule has 4 heteroatoms. The van der Waals surface area contributed by atoms with E-state index in [2.05, 4.69) is 18.8 Å². The second kappa shape index (κ2) is 7.24. The maximum atomic E-state index is 10.9. The van der Waals surface area contributed by atoms with Crippen molar-refractivity contribution >= 4 is 5.97 Å². The highest BCUT2D eigenvalue weighted by molar-refractivity contribution is 5.87. The number of hydrogen-bond donors (Lipinski definition) is 2. The molecule has 1 heterocycles. The molecule has 1 rings (SSSR count). The van der Waals surface area contributed by atoms with E-state index in [0.29, 0.717) is 5.92 Å². The maximum Gasteiger partial charge on any atom is 0.335 e. The molecule has 0 aliphatic rings. The van der Waals surface area contributed by atoms with Crippen LogP contribution in [0.1, 0.15) is 55.6 Å². The van der Waals surface area contributed by atoms with Gasteiger partial charge in [-0.15, -0.1) is 0 Å². The van der Waals surface area contributed by atoms with Crippen molar-refractivity contribution < 1.29 is 15.0 Å². The Labute approximate surface area is 114 Å². The van der Waals surface area contributed by atoms with Crippen molar-refractivity contribution in [3.8, 4) is 0 Å². The van der Waals surface area contributed by atoms with E-state index >= 15 is 0 Å². The Bertz CT molecular complexity index is 418. The van der Waals surface area contributed by atoms with Crippen LogP contribution in [0, 0.1) is 11.8 Å². The van der Waals surface area contributed by atoms with Crippen molar-refractivity contribution in [2.75, 3.05) is 6.61 Å². The summed E-state index contributed by atoms with van der Waals surface area (Å²) in [5.41, 5.74) is 1.04. The van der Waals surface area contributed by atoms with Gasteiger partial charge in [0.05, 0.1) is 5.56 Å². The molecule has 0 aliphatic carbocycles. The first kappa shape index (κ1) is 15.6. The predicted octanol–water partition coefficient (Wildman–Crippen LogP) is 2.93. The van der Waals surface area contributed by atoms with E-state index < -0.39 is 5.97 Å². The third kappa shape index (κ3) is 4.99. The summed E-state index contributed by atoms with van der Waals surface area (Å²) in [6.07, 6.45) is 3.33. The fourth-order valence-corrected chi connectivity index (χ4v) is 2.38. The summed E-state index contributed by atoms with van der Waals surface area (Å²) in [6.45, 7) is 6.46. The molecule has 1 unspecified atom stereocenters. The Morgan fingerprint density at radius 2 is 2.00 bits per heavy atom. The molecule has 2 atom stereocenters. The van der Waals surface area contributed by atoms with Gasteiger partial charge in [0, 0.05) is 18.5 Å². The minimum atomic E-state index is -0.934. The average molecular weight is 265 g/mol. The standard InChI is InChI=1S/C15H23NO3/c1-10(2)6-12(9-17)7-11(3)14-8-13(15(18)19)4-5-16-14/h4-5,8,10-12,17H,6-7,9H2,1-3H3,(H,18,19)/t11?,12-/m0/s1. The van der Waals surface area contributed by atoms with E-state index in [-0.39, 0.29) is 24.0 Å². The number of nitrogens with zero attached hydrogens (tertiary/aromatic N) is 1. The molecule has 1 aromatic rings. The van der Waals surface area contributed by atoms with Crippen LogP contribution in [0.5, 0.6) is 0 Å². The number of carboxylic acids is 1. The third-order valence-corrected chi connectivity index (χ3v) is 3.28. The monoisotopic (exact) mass is 265 g/mol. The summed E-state index contributed by atoms with van der Waals surface area (Å²) in [5, 5.41) is 18.4. The molecule has 19 heavy (non-hydrogen) atoms. The van der Waals surface area contributed by atoms with Crippen molar-refractivity contribution in [2.24, 2.45) is 11.8 Å². The zero-order valence-electron chi connectivity index (χ0n) is 11.8. The maximum absolute atomic E-state index is 10.9. The van der Waals surface area contributed by atoms with Crippen molar-refractivity contribution in [2.45, 2.75) is 39.5 Å². The lowest BCUT2D eigenvalue weighted by Crippen LogP contribution is -2.13. The van der Waals surface area contributed by atoms with E-state index in [1.807, 2.05) is 6.92 Å². The number of hydrogen-bond acceptors (Lipinski definition) is 3. The zero-order valence-corrected chi connectivity index (χ0v) is 11.8. The molecule has 0 aromatic carbocycles. The highest BCUT2D eigenvalue weighted by atomic mass is 16.4. The number of carbonyl (C=O) groups is 1. The van der Waals surface area contributed by atoms with Gasteiger partial charge in [-0.05, 0) is 42.7 Å². The predicted molar refractivity (Wildman–Crippen MR) is 74.3 cm³/mol. The van der Waals surface area contributed by atoms with Crippen LogP contribution in [0.4, 0.5) is 0 Å². The molecule has 0 fully saturated rings. The Hall–Kier alpha value is -1.42. The fraction of sp³-hybridized carbons (Fsp3) is 0.600. The molecule has 0 aliphatic heterocycles. The van der Waals surface area contributed by atoms with E-state index in [1.54, 1.807) is 6.07 Å². The second-order valence-corrected chi connectivity index (χ2v) is 5.59. The van der Waals surface area contributed by atoms with E-state index in [4.69, 9.17) is 5.11 Å². The van der Waals surface area contributed by atoms with Crippen LogP contribution in [-0.2, 0) is 0 Å². The Balaban J connectivity index is 2.73. The summed E-state index contributed by atoms with van der Waals surface area (Å²) < 4.78 is 0. The Morgan fingerprint density at radius 1 is 1.32 bits per heavy atom. The number of aliphatic hydroxyl groups excluding tert-OH is 1. The smallest absolute Gasteiger partial charge is 0.335 e. The fourth-order valence-electron chi connectivity index (χ4n) is 2.38. The van der Waals surface area contributed by atoms with Gasteiger partial charge in [-0.2, -0.15) is 0 Å². The lowest BCUT2D eigenvalue weighted by atomic mass is 9.87. The van der Waals surface area contributed by atoms with Crippen molar-refractivity contribution in [3.63, 3.8) is 0 Å². The van der Waals surface area contributed by atoms with Crippen LogP contribution in [0.25, 0.3) is 0 Å². The normalized spacial score (nSPS) is 14.4. The van der Waals surface area contributed by atoms with Gasteiger partial charge in [0.2, 0.25) is 0 Å². The van der Waals surface area contributed by atoms with Crippen LogP contribution in [0.2, 0.25) is 0 Å². The van der Waals surface area contributed by atoms with Crippen LogP contribution in [0.3, 0.4) is 0 Å². The largest absolute Gasteiger partial charge is 0.478 e. The molecule has 0 spiro atoms. The molecule has 0 saturated heterocycles. The van der Waals surface area contributed by atoms with E-state index in [1.165, 1.54) is 12.3 Å². The minimum absolute atomic E-state index is 0.148. The van der Waals surface area contributed by atoms with Gasteiger partial charge in [0.15, 0.2) is 0 Å². The van der Waals surface area contributed by atoms with Gasteiger partial charge in [0.1, 0.15) is 0 Å². The van der Waals surface area contributed by atoms with Gasteiger partial charge in [-0.1, -0.05) is 20.8 Å². The quantitative estimate of drug-likeness (QED) is 0.795. The van der Waals surface area contributed by atoms with E-state index in [0.717, 1.165) is 18.5 Å². The molecular formula is C15H23NO3. The number of aromatic nitrogens is 1. The molecular weight excluding hydrogens is 242 g/mol. The lowest BCUT2D eigenvalue weighted by Gasteiger charge is -2.20. The topological polar surface area (TPSA) is 70.4 Å². The summed E-state index contributed by atoms with van der Waals surface area (Å²) in [6, 6.07) is 3.12. The molecule has 0 amide bonds. The summed E-state index contributed by atoms with van der Waals surface area (Å²) >= 11 is 0. The van der Waals surface area contributed by atoms with Crippen molar-refractivity contribution in [1.29, 1.82) is 0 Å². The number of rotatable bonds is 7. The zero-order chi connectivity index (χ0) is 14.4. The second-order valence-electron chi connectivity index (χ2n) is 5.59. The first-order chi connectivity index (χ1) is 8.93. The summed E-state index contributed by atoms with van der Waals surface area (Å²) in [5.74, 6) is -0.000106. The SMILES string of the molecule is CC(C)C[C@H](CO)CC(C)c1cc(C(=O)O)ccn1. The highest BCUT2D eigenvalue weighted by Gasteiger charge is 2.17. The molecule has 0 radical (unpaired) electrons. The van der Waals surface area contributed by atoms with Crippen LogP contribution in [0.15, 0.2) is 18.3 Å². The number of carboxylic acid groups (broad SMARTS) is 1. The number of aliphatic hydroxyl groups is 1. The summed E-state index contributed by atoms with van der Waals surface area (Å²) in [7, 11) is 0. The first-order valence-electron chi connectivity index (χ1n) is 6.74. The molecule has 1 aromatic heterocycles. The molecule has 4 nitrogen and oxygen atoms in total. The molecule has 2 N–H and O–H groups in total. The minimum Gasteiger partial charge on any atom is -0.478 e. The molecule has 106 valence electrons. The van der Waals surface area contributed by atoms with Gasteiger partial charge in [-0.3, -0.25) is 4.98 Å². The van der Waals surface area contributed by atoms with Crippen molar-refractivity contribution in [3.05, 3.63) is 29.6 Å². The summed E-state index contributed by atoms with van der Waals surface area (Å²) in [4.78, 5) is 15.2. The number of pyridine rings is 1. The highest BCUT2D eigenvalue weighted by Crippen LogP contribution is 2.26. The van der Waals surface area contributed by atoms with E-state index in [9.17, 15) is 9.90 Å². The molecule has 0 saturated carbocycles. The van der Waals surface area contributed by atoms with Gasteiger partial charge >= 0.3 is 5.97 Å². The molecule has 0 bridgehead atoms.